The number of carbonyl (C=O) groups excluding carboxylic acids is 1. The van der Waals surface area contributed by atoms with Gasteiger partial charge in [0.25, 0.3) is 0 Å². The number of likely N-dealkylation sites (tertiary alicyclic amines) is 1. The van der Waals surface area contributed by atoms with Crippen LogP contribution in [0.25, 0.3) is 0 Å². The van der Waals surface area contributed by atoms with Crippen molar-refractivity contribution < 1.29 is 4.79 Å². The lowest BCUT2D eigenvalue weighted by Crippen LogP contribution is -2.49. The summed E-state index contributed by atoms with van der Waals surface area (Å²) in [6, 6.07) is 10.6. The smallest absolute Gasteiger partial charge is 0.317 e. The average molecular weight is 345 g/mol. The van der Waals surface area contributed by atoms with Crippen molar-refractivity contribution in [1.29, 1.82) is 0 Å². The normalized spacial score (nSPS) is 21.6. The summed E-state index contributed by atoms with van der Waals surface area (Å²) in [5.74, 6) is 0. The van der Waals surface area contributed by atoms with Gasteiger partial charge in [-0.1, -0.05) is 43.2 Å². The number of nitrogens with one attached hydrogen (secondary N) is 1. The van der Waals surface area contributed by atoms with Gasteiger partial charge >= 0.3 is 6.03 Å². The van der Waals surface area contributed by atoms with Crippen LogP contribution in [0.3, 0.4) is 0 Å². The lowest BCUT2D eigenvalue weighted by Gasteiger charge is -2.35. The molecule has 2 aliphatic heterocycles. The molecule has 138 valence electrons. The molecule has 2 fully saturated rings. The second-order valence-corrected chi connectivity index (χ2v) is 7.42. The SMILES string of the molecule is CN1CCN(C[C@@H](NC(=O)N2CCCCCC2)c2ccccc2)CC1. The Labute approximate surface area is 152 Å². The quantitative estimate of drug-likeness (QED) is 0.912. The van der Waals surface area contributed by atoms with Crippen LogP contribution in [-0.2, 0) is 0 Å². The molecule has 1 N–H and O–H groups in total. The van der Waals surface area contributed by atoms with E-state index in [1.807, 2.05) is 11.0 Å². The van der Waals surface area contributed by atoms with Gasteiger partial charge in [0, 0.05) is 45.8 Å². The van der Waals surface area contributed by atoms with Crippen molar-refractivity contribution in [1.82, 2.24) is 20.0 Å². The van der Waals surface area contributed by atoms with Gasteiger partial charge in [0.1, 0.15) is 0 Å². The van der Waals surface area contributed by atoms with E-state index in [2.05, 4.69) is 46.4 Å². The van der Waals surface area contributed by atoms with Crippen LogP contribution < -0.4 is 5.32 Å². The molecule has 0 bridgehead atoms. The third-order valence-corrected chi connectivity index (χ3v) is 5.43. The first-order valence-electron chi connectivity index (χ1n) is 9.73. The second-order valence-electron chi connectivity index (χ2n) is 7.42. The van der Waals surface area contributed by atoms with Gasteiger partial charge in [-0.25, -0.2) is 4.79 Å². The third-order valence-electron chi connectivity index (χ3n) is 5.43. The largest absolute Gasteiger partial charge is 0.330 e. The van der Waals surface area contributed by atoms with Gasteiger partial charge in [-0.2, -0.15) is 0 Å². The van der Waals surface area contributed by atoms with Crippen LogP contribution in [0.2, 0.25) is 0 Å². The standard InChI is InChI=1S/C20H32N4O/c1-22-13-15-23(16-14-22)17-19(18-9-5-4-6-10-18)21-20(25)24-11-7-2-3-8-12-24/h4-6,9-10,19H,2-3,7-8,11-17H2,1H3,(H,21,25)/t19-/m1/s1. The van der Waals surface area contributed by atoms with E-state index in [0.717, 1.165) is 58.7 Å². The molecule has 0 unspecified atom stereocenters. The molecule has 2 heterocycles. The Kier molecular flexibility index (Phi) is 6.70. The Hall–Kier alpha value is -1.59. The van der Waals surface area contributed by atoms with Gasteiger partial charge in [-0.15, -0.1) is 0 Å². The Morgan fingerprint density at radius 1 is 0.960 bits per heavy atom. The van der Waals surface area contributed by atoms with Crippen LogP contribution in [-0.4, -0.2) is 73.6 Å². The number of benzene rings is 1. The molecule has 0 aliphatic carbocycles. The van der Waals surface area contributed by atoms with E-state index >= 15 is 0 Å². The summed E-state index contributed by atoms with van der Waals surface area (Å²) in [4.78, 5) is 19.7. The molecule has 25 heavy (non-hydrogen) atoms. The maximum atomic E-state index is 12.8. The number of hydrogen-bond donors (Lipinski definition) is 1. The lowest BCUT2D eigenvalue weighted by atomic mass is 10.1. The molecule has 3 rings (SSSR count). The molecule has 5 nitrogen and oxygen atoms in total. The van der Waals surface area contributed by atoms with E-state index in [1.54, 1.807) is 0 Å². The molecule has 0 saturated carbocycles. The topological polar surface area (TPSA) is 38.8 Å². The minimum Gasteiger partial charge on any atom is -0.330 e. The average Bonchev–Trinajstić information content (AvgIpc) is 2.93. The molecule has 2 saturated heterocycles. The maximum absolute atomic E-state index is 12.8. The minimum atomic E-state index is 0.0559. The van der Waals surface area contributed by atoms with Gasteiger partial charge in [0.05, 0.1) is 6.04 Å². The van der Waals surface area contributed by atoms with Crippen LogP contribution >= 0.6 is 0 Å². The Bertz CT molecular complexity index is 520. The Balaban J connectivity index is 1.64. The van der Waals surface area contributed by atoms with Gasteiger partial charge in [-0.3, -0.25) is 4.90 Å². The second kappa shape index (κ2) is 9.20. The molecular formula is C20H32N4O. The van der Waals surface area contributed by atoms with Gasteiger partial charge in [-0.05, 0) is 25.5 Å². The summed E-state index contributed by atoms with van der Waals surface area (Å²) < 4.78 is 0. The molecule has 2 amide bonds. The van der Waals surface area contributed by atoms with Crippen molar-refractivity contribution in [2.45, 2.75) is 31.7 Å². The number of piperazine rings is 1. The lowest BCUT2D eigenvalue weighted by molar-refractivity contribution is 0.139. The first-order chi connectivity index (χ1) is 12.2. The van der Waals surface area contributed by atoms with E-state index in [9.17, 15) is 4.79 Å². The van der Waals surface area contributed by atoms with Crippen LogP contribution in [0.1, 0.15) is 37.3 Å². The molecule has 1 aromatic rings. The van der Waals surface area contributed by atoms with Crippen LogP contribution in [0, 0.1) is 0 Å². The minimum absolute atomic E-state index is 0.0559. The van der Waals surface area contributed by atoms with Crippen molar-refractivity contribution in [3.8, 4) is 0 Å². The predicted octanol–water partition coefficient (Wildman–Crippen LogP) is 2.56. The number of likely N-dealkylation sites (N-methyl/N-ethyl adjacent to an activating group) is 1. The van der Waals surface area contributed by atoms with E-state index in [0.29, 0.717) is 0 Å². The first-order valence-corrected chi connectivity index (χ1v) is 9.73. The van der Waals surface area contributed by atoms with Crippen molar-refractivity contribution in [2.75, 3.05) is 52.9 Å². The van der Waals surface area contributed by atoms with Crippen molar-refractivity contribution in [3.63, 3.8) is 0 Å². The number of carbonyl (C=O) groups is 1. The fraction of sp³-hybridized carbons (Fsp3) is 0.650. The van der Waals surface area contributed by atoms with Gasteiger partial charge < -0.3 is 15.1 Å². The fourth-order valence-electron chi connectivity index (χ4n) is 3.72. The zero-order valence-corrected chi connectivity index (χ0v) is 15.5. The van der Waals surface area contributed by atoms with E-state index in [1.165, 1.54) is 18.4 Å². The molecule has 2 aliphatic rings. The molecule has 0 radical (unpaired) electrons. The monoisotopic (exact) mass is 344 g/mol. The van der Waals surface area contributed by atoms with E-state index in [-0.39, 0.29) is 12.1 Å². The number of amides is 2. The molecule has 0 aromatic heterocycles. The number of urea groups is 1. The summed E-state index contributed by atoms with van der Waals surface area (Å²) in [5, 5.41) is 3.32. The van der Waals surface area contributed by atoms with Crippen LogP contribution in [0.4, 0.5) is 4.79 Å². The molecule has 1 aromatic carbocycles. The highest BCUT2D eigenvalue weighted by molar-refractivity contribution is 5.74. The van der Waals surface area contributed by atoms with Crippen molar-refractivity contribution in [3.05, 3.63) is 35.9 Å². The van der Waals surface area contributed by atoms with E-state index in [4.69, 9.17) is 0 Å². The summed E-state index contributed by atoms with van der Waals surface area (Å²) in [6.45, 7) is 7.00. The predicted molar refractivity (Wildman–Crippen MR) is 102 cm³/mol. The van der Waals surface area contributed by atoms with Gasteiger partial charge in [0.15, 0.2) is 0 Å². The molecule has 1 atom stereocenters. The summed E-state index contributed by atoms with van der Waals surface area (Å²) in [7, 11) is 2.17. The Morgan fingerprint density at radius 2 is 1.60 bits per heavy atom. The van der Waals surface area contributed by atoms with Crippen LogP contribution in [0.15, 0.2) is 30.3 Å². The van der Waals surface area contributed by atoms with Crippen molar-refractivity contribution in [2.24, 2.45) is 0 Å². The molecular weight excluding hydrogens is 312 g/mol. The number of nitrogens with zero attached hydrogens (tertiary/aromatic N) is 3. The first kappa shape index (κ1) is 18.2. The summed E-state index contributed by atoms with van der Waals surface area (Å²) in [5.41, 5.74) is 1.20. The Morgan fingerprint density at radius 3 is 2.24 bits per heavy atom. The number of rotatable bonds is 4. The zero-order chi connectivity index (χ0) is 17.5. The molecule has 5 heteroatoms. The zero-order valence-electron chi connectivity index (χ0n) is 15.5. The van der Waals surface area contributed by atoms with E-state index < -0.39 is 0 Å². The fourth-order valence-corrected chi connectivity index (χ4v) is 3.72. The highest BCUT2D eigenvalue weighted by atomic mass is 16.2. The third kappa shape index (κ3) is 5.44. The van der Waals surface area contributed by atoms with Crippen LogP contribution in [0.5, 0.6) is 0 Å². The number of hydrogen-bond acceptors (Lipinski definition) is 3. The van der Waals surface area contributed by atoms with Crippen molar-refractivity contribution >= 4 is 6.03 Å². The highest BCUT2D eigenvalue weighted by Crippen LogP contribution is 2.17. The highest BCUT2D eigenvalue weighted by Gasteiger charge is 2.23. The summed E-state index contributed by atoms with van der Waals surface area (Å²) in [6.07, 6.45) is 4.74. The molecule has 0 spiro atoms. The maximum Gasteiger partial charge on any atom is 0.317 e. The van der Waals surface area contributed by atoms with Gasteiger partial charge in [0.2, 0.25) is 0 Å². The summed E-state index contributed by atoms with van der Waals surface area (Å²) >= 11 is 0.